The summed E-state index contributed by atoms with van der Waals surface area (Å²) in [6.07, 6.45) is 0. The Morgan fingerprint density at radius 2 is 2.00 bits per heavy atom. The van der Waals surface area contributed by atoms with Crippen LogP contribution in [0.5, 0.6) is 0 Å². The second-order valence-electron chi connectivity index (χ2n) is 2.76. The summed E-state index contributed by atoms with van der Waals surface area (Å²) in [6.45, 7) is 0. The average molecular weight is 241 g/mol. The molecule has 4 nitrogen and oxygen atoms in total. The lowest BCUT2D eigenvalue weighted by atomic mass is 10.1. The van der Waals surface area contributed by atoms with Gasteiger partial charge in [-0.25, -0.2) is 4.79 Å². The van der Waals surface area contributed by atoms with Crippen molar-refractivity contribution >= 4 is 29.1 Å². The number of aromatic carboxylic acids is 1. The van der Waals surface area contributed by atoms with Crippen LogP contribution in [0.15, 0.2) is 24.3 Å². The highest BCUT2D eigenvalue weighted by Crippen LogP contribution is 2.27. The van der Waals surface area contributed by atoms with Gasteiger partial charge in [-0.3, -0.25) is 0 Å². The van der Waals surface area contributed by atoms with Crippen LogP contribution in [0.1, 0.15) is 10.5 Å². The molecule has 0 saturated carbocycles. The van der Waals surface area contributed by atoms with Crippen LogP contribution in [0.2, 0.25) is 5.02 Å². The molecule has 1 N–H and O–H groups in total. The van der Waals surface area contributed by atoms with Crippen LogP contribution in [0.25, 0.3) is 10.4 Å². The Balaban J connectivity index is 2.49. The Morgan fingerprint density at radius 1 is 1.33 bits per heavy atom. The van der Waals surface area contributed by atoms with Crippen molar-refractivity contribution in [1.82, 2.24) is 9.59 Å². The van der Waals surface area contributed by atoms with Crippen molar-refractivity contribution in [3.05, 3.63) is 35.0 Å². The van der Waals surface area contributed by atoms with E-state index in [9.17, 15) is 4.79 Å². The van der Waals surface area contributed by atoms with Crippen LogP contribution in [0, 0.1) is 0 Å². The van der Waals surface area contributed by atoms with Crippen molar-refractivity contribution in [3.8, 4) is 10.4 Å². The van der Waals surface area contributed by atoms with Crippen LogP contribution < -0.4 is 0 Å². The van der Waals surface area contributed by atoms with Crippen LogP contribution in [0.3, 0.4) is 0 Å². The number of benzene rings is 1. The third kappa shape index (κ3) is 1.98. The zero-order valence-corrected chi connectivity index (χ0v) is 8.92. The summed E-state index contributed by atoms with van der Waals surface area (Å²) in [5, 5.41) is 13.0. The standard InChI is InChI=1S/C9H5ClN2O2S/c10-6-3-1-5(2-4-6)8-7(9(13)14)11-12-15-8/h1-4H,(H,13,14). The predicted molar refractivity (Wildman–Crippen MR) is 57.3 cm³/mol. The van der Waals surface area contributed by atoms with Gasteiger partial charge >= 0.3 is 5.97 Å². The third-order valence-electron chi connectivity index (χ3n) is 1.80. The van der Waals surface area contributed by atoms with E-state index >= 15 is 0 Å². The quantitative estimate of drug-likeness (QED) is 0.876. The van der Waals surface area contributed by atoms with E-state index in [2.05, 4.69) is 9.59 Å². The van der Waals surface area contributed by atoms with E-state index in [0.717, 1.165) is 17.1 Å². The maximum absolute atomic E-state index is 10.8. The number of hydrogen-bond donors (Lipinski definition) is 1. The second-order valence-corrected chi connectivity index (χ2v) is 3.95. The van der Waals surface area contributed by atoms with E-state index in [1.165, 1.54) is 0 Å². The summed E-state index contributed by atoms with van der Waals surface area (Å²) in [7, 11) is 0. The lowest BCUT2D eigenvalue weighted by Crippen LogP contribution is -1.98. The molecule has 0 aliphatic rings. The summed E-state index contributed by atoms with van der Waals surface area (Å²) in [5.41, 5.74) is 0.731. The molecule has 0 bridgehead atoms. The van der Waals surface area contributed by atoms with Gasteiger partial charge in [-0.15, -0.1) is 5.10 Å². The number of halogens is 1. The number of carboxylic acids is 1. The minimum absolute atomic E-state index is 0.0256. The van der Waals surface area contributed by atoms with Crippen molar-refractivity contribution in [2.24, 2.45) is 0 Å². The van der Waals surface area contributed by atoms with Gasteiger partial charge in [0.2, 0.25) is 0 Å². The number of carbonyl (C=O) groups is 1. The fourth-order valence-corrected chi connectivity index (χ4v) is 1.91. The van der Waals surface area contributed by atoms with E-state index in [-0.39, 0.29) is 5.69 Å². The fraction of sp³-hybridized carbons (Fsp3) is 0. The topological polar surface area (TPSA) is 63.1 Å². The summed E-state index contributed by atoms with van der Waals surface area (Å²) < 4.78 is 3.62. The van der Waals surface area contributed by atoms with Gasteiger partial charge in [-0.2, -0.15) is 0 Å². The van der Waals surface area contributed by atoms with Gasteiger partial charge in [0, 0.05) is 5.02 Å². The van der Waals surface area contributed by atoms with Gasteiger partial charge in [0.1, 0.15) is 0 Å². The molecule has 2 aromatic rings. The predicted octanol–water partition coefficient (Wildman–Crippen LogP) is 2.56. The molecule has 1 aromatic carbocycles. The molecular weight excluding hydrogens is 236 g/mol. The SMILES string of the molecule is O=C(O)c1nnsc1-c1ccc(Cl)cc1. The number of hydrogen-bond acceptors (Lipinski definition) is 4. The third-order valence-corrected chi connectivity index (χ3v) is 2.82. The molecule has 1 heterocycles. The molecule has 0 aliphatic heterocycles. The molecule has 0 aliphatic carbocycles. The molecule has 0 fully saturated rings. The van der Waals surface area contributed by atoms with Gasteiger partial charge in [0.15, 0.2) is 5.69 Å². The lowest BCUT2D eigenvalue weighted by Gasteiger charge is -1.97. The first-order valence-corrected chi connectivity index (χ1v) is 5.15. The molecule has 0 amide bonds. The van der Waals surface area contributed by atoms with E-state index < -0.39 is 5.97 Å². The van der Waals surface area contributed by atoms with Crippen LogP contribution in [-0.4, -0.2) is 20.7 Å². The highest BCUT2D eigenvalue weighted by molar-refractivity contribution is 7.09. The fourth-order valence-electron chi connectivity index (χ4n) is 1.12. The first-order chi connectivity index (χ1) is 7.18. The van der Waals surface area contributed by atoms with Crippen molar-refractivity contribution in [2.75, 3.05) is 0 Å². The van der Waals surface area contributed by atoms with Crippen LogP contribution >= 0.6 is 23.1 Å². The van der Waals surface area contributed by atoms with Crippen LogP contribution in [0.4, 0.5) is 0 Å². The van der Waals surface area contributed by atoms with Crippen molar-refractivity contribution in [1.29, 1.82) is 0 Å². The molecule has 0 radical (unpaired) electrons. The monoisotopic (exact) mass is 240 g/mol. The highest BCUT2D eigenvalue weighted by atomic mass is 35.5. The van der Waals surface area contributed by atoms with E-state index in [0.29, 0.717) is 9.90 Å². The summed E-state index contributed by atoms with van der Waals surface area (Å²) in [6, 6.07) is 6.87. The van der Waals surface area contributed by atoms with Crippen molar-refractivity contribution in [2.45, 2.75) is 0 Å². The molecule has 0 unspecified atom stereocenters. The molecule has 76 valence electrons. The van der Waals surface area contributed by atoms with Crippen molar-refractivity contribution in [3.63, 3.8) is 0 Å². The zero-order valence-electron chi connectivity index (χ0n) is 7.35. The second kappa shape index (κ2) is 3.96. The number of aromatic nitrogens is 2. The minimum atomic E-state index is -1.08. The molecule has 15 heavy (non-hydrogen) atoms. The van der Waals surface area contributed by atoms with Gasteiger partial charge in [-0.1, -0.05) is 28.2 Å². The Bertz CT molecular complexity index is 495. The Kier molecular flexibility index (Phi) is 2.66. The smallest absolute Gasteiger partial charge is 0.358 e. The van der Waals surface area contributed by atoms with Gasteiger partial charge in [-0.05, 0) is 29.2 Å². The summed E-state index contributed by atoms with van der Waals surface area (Å²) >= 11 is 6.78. The molecule has 0 saturated heterocycles. The maximum atomic E-state index is 10.8. The summed E-state index contributed by atoms with van der Waals surface area (Å²) in [4.78, 5) is 11.3. The molecule has 0 spiro atoms. The minimum Gasteiger partial charge on any atom is -0.476 e. The number of rotatable bonds is 2. The number of carboxylic acid groups (broad SMARTS) is 1. The Labute approximate surface area is 94.3 Å². The lowest BCUT2D eigenvalue weighted by molar-refractivity contribution is 0.0691. The Morgan fingerprint density at radius 3 is 2.60 bits per heavy atom. The first kappa shape index (κ1) is 10.1. The average Bonchev–Trinajstić information content (AvgIpc) is 2.67. The van der Waals surface area contributed by atoms with Gasteiger partial charge in [0.05, 0.1) is 4.88 Å². The largest absolute Gasteiger partial charge is 0.476 e. The van der Waals surface area contributed by atoms with Gasteiger partial charge in [0.25, 0.3) is 0 Å². The molecular formula is C9H5ClN2O2S. The summed E-state index contributed by atoms with van der Waals surface area (Å²) in [5.74, 6) is -1.08. The highest BCUT2D eigenvalue weighted by Gasteiger charge is 2.16. The maximum Gasteiger partial charge on any atom is 0.358 e. The normalized spacial score (nSPS) is 10.2. The van der Waals surface area contributed by atoms with Gasteiger partial charge < -0.3 is 5.11 Å². The van der Waals surface area contributed by atoms with Crippen molar-refractivity contribution < 1.29 is 9.90 Å². The molecule has 6 heteroatoms. The molecule has 2 rings (SSSR count). The molecule has 0 atom stereocenters. The van der Waals surface area contributed by atoms with E-state index in [1.807, 2.05) is 0 Å². The Hall–Kier alpha value is -1.46. The van der Waals surface area contributed by atoms with E-state index in [4.69, 9.17) is 16.7 Å². The molecule has 1 aromatic heterocycles. The first-order valence-electron chi connectivity index (χ1n) is 4.00. The van der Waals surface area contributed by atoms with E-state index in [1.54, 1.807) is 24.3 Å². The van der Waals surface area contributed by atoms with Crippen LogP contribution in [-0.2, 0) is 0 Å². The zero-order chi connectivity index (χ0) is 10.8. The number of nitrogens with zero attached hydrogens (tertiary/aromatic N) is 2.